The Morgan fingerprint density at radius 1 is 1.18 bits per heavy atom. The predicted octanol–water partition coefficient (Wildman–Crippen LogP) is 2.58. The Bertz CT molecular complexity index is 444. The molecule has 0 radical (unpaired) electrons. The lowest BCUT2D eigenvalue weighted by Crippen LogP contribution is -2.49. The number of aryl methyl sites for hydroxylation is 1. The Morgan fingerprint density at radius 3 is 2.45 bits per heavy atom. The third-order valence-corrected chi connectivity index (χ3v) is 4.36. The molecule has 0 saturated heterocycles. The van der Waals surface area contributed by atoms with Crippen molar-refractivity contribution < 1.29 is 9.28 Å². The first-order chi connectivity index (χ1) is 10.5. The predicted molar refractivity (Wildman–Crippen MR) is 93.6 cm³/mol. The van der Waals surface area contributed by atoms with Gasteiger partial charge in [-0.05, 0) is 37.5 Å². The number of likely N-dealkylation sites (N-methyl/N-ethyl adjacent to an activating group) is 1. The summed E-state index contributed by atoms with van der Waals surface area (Å²) in [6, 6.07) is 8.14. The standard InChI is InChI=1S/C18H31N3O/c1-4-7-18(22)20-13-15-21(3,5-2)14-6-8-16-9-11-17(19)12-10-16/h9-12H,4-8,13-15,19H2,1-3H3/p+1. The molecule has 0 aromatic heterocycles. The van der Waals surface area contributed by atoms with Crippen molar-refractivity contribution in [1.82, 2.24) is 5.32 Å². The van der Waals surface area contributed by atoms with Crippen LogP contribution in [0.5, 0.6) is 0 Å². The minimum absolute atomic E-state index is 0.173. The van der Waals surface area contributed by atoms with Gasteiger partial charge >= 0.3 is 0 Å². The number of hydrogen-bond donors (Lipinski definition) is 2. The highest BCUT2D eigenvalue weighted by atomic mass is 16.1. The molecule has 1 unspecified atom stereocenters. The number of rotatable bonds is 10. The van der Waals surface area contributed by atoms with Gasteiger partial charge in [-0.2, -0.15) is 0 Å². The number of nitrogen functional groups attached to an aromatic ring is 1. The normalized spacial score (nSPS) is 13.6. The Hall–Kier alpha value is -1.55. The van der Waals surface area contributed by atoms with E-state index in [2.05, 4.69) is 31.4 Å². The SMILES string of the molecule is CCCC(=O)NCC[N+](C)(CC)CCCc1ccc(N)cc1. The first-order valence-corrected chi connectivity index (χ1v) is 8.43. The number of nitrogens with zero attached hydrogens (tertiary/aromatic N) is 1. The van der Waals surface area contributed by atoms with E-state index >= 15 is 0 Å². The average molecular weight is 306 g/mol. The van der Waals surface area contributed by atoms with E-state index in [0.29, 0.717) is 6.42 Å². The molecule has 0 spiro atoms. The molecule has 3 N–H and O–H groups in total. The molecular formula is C18H32N3O+. The molecule has 22 heavy (non-hydrogen) atoms. The van der Waals surface area contributed by atoms with Crippen molar-refractivity contribution in [3.63, 3.8) is 0 Å². The molecule has 1 amide bonds. The molecule has 1 aromatic rings. The van der Waals surface area contributed by atoms with Gasteiger partial charge in [0.1, 0.15) is 0 Å². The summed E-state index contributed by atoms with van der Waals surface area (Å²) in [5, 5.41) is 3.02. The maximum absolute atomic E-state index is 11.5. The number of hydrogen-bond acceptors (Lipinski definition) is 2. The first kappa shape index (κ1) is 18.5. The molecule has 4 nitrogen and oxygen atoms in total. The monoisotopic (exact) mass is 306 g/mol. The third-order valence-electron chi connectivity index (χ3n) is 4.36. The second-order valence-corrected chi connectivity index (χ2v) is 6.33. The number of anilines is 1. The van der Waals surface area contributed by atoms with E-state index in [1.807, 2.05) is 19.1 Å². The molecule has 0 aliphatic rings. The van der Waals surface area contributed by atoms with Crippen LogP contribution in [-0.2, 0) is 11.2 Å². The fourth-order valence-electron chi connectivity index (χ4n) is 2.56. The number of carbonyl (C=O) groups excluding carboxylic acids is 1. The fraction of sp³-hybridized carbons (Fsp3) is 0.611. The van der Waals surface area contributed by atoms with Gasteiger partial charge < -0.3 is 15.5 Å². The lowest BCUT2D eigenvalue weighted by atomic mass is 10.1. The van der Waals surface area contributed by atoms with Crippen molar-refractivity contribution in [2.24, 2.45) is 0 Å². The zero-order valence-corrected chi connectivity index (χ0v) is 14.4. The second-order valence-electron chi connectivity index (χ2n) is 6.33. The van der Waals surface area contributed by atoms with Crippen LogP contribution in [-0.4, -0.2) is 43.6 Å². The highest BCUT2D eigenvalue weighted by molar-refractivity contribution is 5.75. The van der Waals surface area contributed by atoms with Crippen LogP contribution < -0.4 is 11.1 Å². The van der Waals surface area contributed by atoms with E-state index in [4.69, 9.17) is 5.73 Å². The summed E-state index contributed by atoms with van der Waals surface area (Å²) in [6.07, 6.45) is 3.77. The van der Waals surface area contributed by atoms with Crippen LogP contribution in [0.3, 0.4) is 0 Å². The zero-order chi connectivity index (χ0) is 16.4. The van der Waals surface area contributed by atoms with Crippen molar-refractivity contribution >= 4 is 11.6 Å². The number of nitrogens with one attached hydrogen (secondary N) is 1. The van der Waals surface area contributed by atoms with Crippen molar-refractivity contribution in [3.05, 3.63) is 29.8 Å². The third kappa shape index (κ3) is 6.94. The summed E-state index contributed by atoms with van der Waals surface area (Å²) >= 11 is 0. The topological polar surface area (TPSA) is 55.1 Å². The molecule has 0 aliphatic heterocycles. The molecule has 0 saturated carbocycles. The van der Waals surface area contributed by atoms with Crippen molar-refractivity contribution in [1.29, 1.82) is 0 Å². The number of nitrogens with two attached hydrogens (primary N) is 1. The quantitative estimate of drug-likeness (QED) is 0.516. The van der Waals surface area contributed by atoms with Crippen LogP contribution in [0, 0.1) is 0 Å². The lowest BCUT2D eigenvalue weighted by Gasteiger charge is -2.33. The largest absolute Gasteiger partial charge is 0.399 e. The Morgan fingerprint density at radius 2 is 1.86 bits per heavy atom. The van der Waals surface area contributed by atoms with Crippen molar-refractivity contribution in [3.8, 4) is 0 Å². The highest BCUT2D eigenvalue weighted by Crippen LogP contribution is 2.10. The van der Waals surface area contributed by atoms with E-state index < -0.39 is 0 Å². The van der Waals surface area contributed by atoms with Gasteiger partial charge in [0.25, 0.3) is 0 Å². The van der Waals surface area contributed by atoms with Crippen LogP contribution in [0.2, 0.25) is 0 Å². The van der Waals surface area contributed by atoms with Crippen LogP contribution in [0.4, 0.5) is 5.69 Å². The molecule has 0 heterocycles. The van der Waals surface area contributed by atoms with E-state index in [0.717, 1.165) is 55.6 Å². The number of benzene rings is 1. The summed E-state index contributed by atoms with van der Waals surface area (Å²) in [4.78, 5) is 11.5. The highest BCUT2D eigenvalue weighted by Gasteiger charge is 2.18. The summed E-state index contributed by atoms with van der Waals surface area (Å²) < 4.78 is 1.00. The summed E-state index contributed by atoms with van der Waals surface area (Å²) in [6.45, 7) is 8.23. The van der Waals surface area contributed by atoms with Gasteiger partial charge in [0.2, 0.25) is 5.91 Å². The molecule has 4 heteroatoms. The van der Waals surface area contributed by atoms with Gasteiger partial charge in [-0.3, -0.25) is 4.79 Å². The van der Waals surface area contributed by atoms with Gasteiger partial charge in [-0.15, -0.1) is 0 Å². The summed E-state index contributed by atoms with van der Waals surface area (Å²) in [5.74, 6) is 0.173. The van der Waals surface area contributed by atoms with Gasteiger partial charge in [-0.1, -0.05) is 19.1 Å². The van der Waals surface area contributed by atoms with Crippen LogP contribution >= 0.6 is 0 Å². The average Bonchev–Trinajstić information content (AvgIpc) is 2.49. The van der Waals surface area contributed by atoms with Crippen LogP contribution in [0.15, 0.2) is 24.3 Å². The van der Waals surface area contributed by atoms with Crippen molar-refractivity contribution in [2.75, 3.05) is 39.0 Å². The molecular weight excluding hydrogens is 274 g/mol. The van der Waals surface area contributed by atoms with E-state index in [1.54, 1.807) is 0 Å². The molecule has 0 bridgehead atoms. The fourth-order valence-corrected chi connectivity index (χ4v) is 2.56. The molecule has 0 fully saturated rings. The van der Waals surface area contributed by atoms with E-state index in [9.17, 15) is 4.79 Å². The lowest BCUT2D eigenvalue weighted by molar-refractivity contribution is -0.906. The summed E-state index contributed by atoms with van der Waals surface area (Å²) in [5.41, 5.74) is 7.87. The Balaban J connectivity index is 2.32. The number of carbonyl (C=O) groups is 1. The molecule has 1 atom stereocenters. The molecule has 1 rings (SSSR count). The molecule has 0 aliphatic carbocycles. The van der Waals surface area contributed by atoms with Gasteiger partial charge in [0.05, 0.1) is 33.2 Å². The molecule has 124 valence electrons. The number of quaternary nitrogens is 1. The maximum atomic E-state index is 11.5. The Kier molecular flexibility index (Phi) is 7.96. The number of amides is 1. The minimum Gasteiger partial charge on any atom is -0.399 e. The van der Waals surface area contributed by atoms with Crippen LogP contribution in [0.1, 0.15) is 38.7 Å². The minimum atomic E-state index is 0.173. The van der Waals surface area contributed by atoms with E-state index in [1.165, 1.54) is 5.56 Å². The smallest absolute Gasteiger partial charge is 0.220 e. The second kappa shape index (κ2) is 9.46. The Labute approximate surface area is 135 Å². The van der Waals surface area contributed by atoms with Crippen molar-refractivity contribution in [2.45, 2.75) is 39.5 Å². The van der Waals surface area contributed by atoms with E-state index in [-0.39, 0.29) is 5.91 Å². The molecule has 1 aromatic carbocycles. The summed E-state index contributed by atoms with van der Waals surface area (Å²) in [7, 11) is 2.27. The van der Waals surface area contributed by atoms with Crippen LogP contribution in [0.25, 0.3) is 0 Å². The van der Waals surface area contributed by atoms with Gasteiger partial charge in [0, 0.05) is 18.5 Å². The maximum Gasteiger partial charge on any atom is 0.220 e. The zero-order valence-electron chi connectivity index (χ0n) is 14.4. The first-order valence-electron chi connectivity index (χ1n) is 8.43. The van der Waals surface area contributed by atoms with Gasteiger partial charge in [-0.25, -0.2) is 0 Å². The van der Waals surface area contributed by atoms with Gasteiger partial charge in [0.15, 0.2) is 0 Å².